The second-order valence-corrected chi connectivity index (χ2v) is 5.30. The predicted octanol–water partition coefficient (Wildman–Crippen LogP) is 1.56. The normalized spacial score (nSPS) is 18.2. The Morgan fingerprint density at radius 3 is 2.40 bits per heavy atom. The van der Waals surface area contributed by atoms with Gasteiger partial charge in [-0.2, -0.15) is 0 Å². The van der Waals surface area contributed by atoms with Gasteiger partial charge in [-0.15, -0.1) is 0 Å². The maximum Gasteiger partial charge on any atom is 0.261 e. The lowest BCUT2D eigenvalue weighted by Crippen LogP contribution is -2.47. The number of rotatable bonds is 2. The van der Waals surface area contributed by atoms with Crippen LogP contribution < -0.4 is 0 Å². The average molecular weight is 295 g/mol. The molecular formula is C14H15ClN2O3. The topological polar surface area (TPSA) is 57.7 Å². The summed E-state index contributed by atoms with van der Waals surface area (Å²) in [5, 5.41) is 0.509. The van der Waals surface area contributed by atoms with Gasteiger partial charge in [0.1, 0.15) is 6.04 Å². The summed E-state index contributed by atoms with van der Waals surface area (Å²) in [7, 11) is 3.21. The summed E-state index contributed by atoms with van der Waals surface area (Å²) in [5.41, 5.74) is 0.348. The third kappa shape index (κ3) is 2.67. The third-order valence-corrected chi connectivity index (χ3v) is 3.50. The average Bonchev–Trinajstić information content (AvgIpc) is 2.79. The molecule has 0 bridgehead atoms. The van der Waals surface area contributed by atoms with E-state index in [2.05, 4.69) is 0 Å². The minimum Gasteiger partial charge on any atom is -0.347 e. The van der Waals surface area contributed by atoms with E-state index in [1.54, 1.807) is 38.4 Å². The summed E-state index contributed by atoms with van der Waals surface area (Å²) in [6.07, 6.45) is 0.582. The van der Waals surface area contributed by atoms with Crippen LogP contribution in [0.15, 0.2) is 24.3 Å². The number of benzene rings is 1. The number of carbonyl (C=O) groups excluding carboxylic acids is 3. The quantitative estimate of drug-likeness (QED) is 0.778. The Hall–Kier alpha value is -1.88. The van der Waals surface area contributed by atoms with Gasteiger partial charge in [0.25, 0.3) is 5.91 Å². The number of halogens is 1. The Balaban J connectivity index is 2.28. The van der Waals surface area contributed by atoms with Crippen molar-refractivity contribution >= 4 is 29.3 Å². The predicted molar refractivity (Wildman–Crippen MR) is 74.3 cm³/mol. The summed E-state index contributed by atoms with van der Waals surface area (Å²) in [4.78, 5) is 38.8. The van der Waals surface area contributed by atoms with Crippen molar-refractivity contribution in [1.82, 2.24) is 9.80 Å². The van der Waals surface area contributed by atoms with E-state index >= 15 is 0 Å². The maximum atomic E-state index is 12.4. The molecular weight excluding hydrogens is 280 g/mol. The van der Waals surface area contributed by atoms with Gasteiger partial charge < -0.3 is 4.90 Å². The van der Waals surface area contributed by atoms with Crippen LogP contribution in [0.25, 0.3) is 0 Å². The summed E-state index contributed by atoms with van der Waals surface area (Å²) in [6, 6.07) is 5.55. The number of nitrogens with zero attached hydrogens (tertiary/aromatic N) is 2. The first-order chi connectivity index (χ1) is 9.41. The lowest BCUT2D eigenvalue weighted by atomic mass is 10.1. The highest BCUT2D eigenvalue weighted by Gasteiger charge is 2.41. The molecule has 0 spiro atoms. The van der Waals surface area contributed by atoms with Crippen LogP contribution in [-0.4, -0.2) is 47.7 Å². The molecule has 1 heterocycles. The zero-order chi connectivity index (χ0) is 14.9. The molecule has 6 heteroatoms. The first-order valence-electron chi connectivity index (χ1n) is 6.25. The number of hydrogen-bond acceptors (Lipinski definition) is 3. The Morgan fingerprint density at radius 1 is 1.25 bits per heavy atom. The summed E-state index contributed by atoms with van der Waals surface area (Å²) in [5.74, 6) is -1.01. The Bertz CT molecular complexity index is 554. The fraction of sp³-hybridized carbons (Fsp3) is 0.357. The van der Waals surface area contributed by atoms with Crippen molar-refractivity contribution < 1.29 is 14.4 Å². The molecule has 1 aliphatic rings. The molecule has 1 aliphatic heterocycles. The number of amides is 3. The first-order valence-corrected chi connectivity index (χ1v) is 6.62. The van der Waals surface area contributed by atoms with Crippen LogP contribution >= 0.6 is 11.6 Å². The van der Waals surface area contributed by atoms with Crippen LogP contribution in [0.2, 0.25) is 5.02 Å². The summed E-state index contributed by atoms with van der Waals surface area (Å²) >= 11 is 5.77. The third-order valence-electron chi connectivity index (χ3n) is 3.25. The van der Waals surface area contributed by atoms with Crippen LogP contribution in [0.3, 0.4) is 0 Å². The highest BCUT2D eigenvalue weighted by atomic mass is 35.5. The number of carbonyl (C=O) groups is 3. The Kier molecular flexibility index (Phi) is 4.09. The highest BCUT2D eigenvalue weighted by Crippen LogP contribution is 2.23. The second-order valence-electron chi connectivity index (χ2n) is 4.86. The van der Waals surface area contributed by atoms with E-state index in [0.29, 0.717) is 17.0 Å². The first kappa shape index (κ1) is 14.5. The van der Waals surface area contributed by atoms with Crippen LogP contribution in [0.1, 0.15) is 23.2 Å². The molecule has 0 N–H and O–H groups in total. The van der Waals surface area contributed by atoms with Gasteiger partial charge in [-0.1, -0.05) is 11.6 Å². The Morgan fingerprint density at radius 2 is 1.85 bits per heavy atom. The van der Waals surface area contributed by atoms with E-state index in [4.69, 9.17) is 11.6 Å². The minimum atomic E-state index is -0.708. The molecule has 0 saturated carbocycles. The van der Waals surface area contributed by atoms with Gasteiger partial charge in [-0.05, 0) is 30.7 Å². The molecule has 0 aromatic heterocycles. The van der Waals surface area contributed by atoms with E-state index in [0.717, 1.165) is 4.90 Å². The van der Waals surface area contributed by atoms with Crippen molar-refractivity contribution in [2.45, 2.75) is 18.9 Å². The number of imide groups is 1. The number of likely N-dealkylation sites (N-methyl/N-ethyl adjacent to an activating group) is 1. The molecule has 1 atom stereocenters. The van der Waals surface area contributed by atoms with Crippen molar-refractivity contribution in [3.8, 4) is 0 Å². The molecule has 2 rings (SSSR count). The monoisotopic (exact) mass is 294 g/mol. The van der Waals surface area contributed by atoms with Gasteiger partial charge in [0.05, 0.1) is 0 Å². The fourth-order valence-corrected chi connectivity index (χ4v) is 2.33. The van der Waals surface area contributed by atoms with Gasteiger partial charge in [0.2, 0.25) is 11.8 Å². The fourth-order valence-electron chi connectivity index (χ4n) is 2.20. The molecule has 1 fully saturated rings. The zero-order valence-electron chi connectivity index (χ0n) is 11.3. The van der Waals surface area contributed by atoms with Crippen molar-refractivity contribution in [2.75, 3.05) is 14.1 Å². The zero-order valence-corrected chi connectivity index (χ0v) is 12.1. The van der Waals surface area contributed by atoms with E-state index in [-0.39, 0.29) is 18.2 Å². The van der Waals surface area contributed by atoms with E-state index in [1.807, 2.05) is 0 Å². The lowest BCUT2D eigenvalue weighted by Gasteiger charge is -2.24. The van der Waals surface area contributed by atoms with Crippen LogP contribution in [0, 0.1) is 0 Å². The van der Waals surface area contributed by atoms with Crippen molar-refractivity contribution in [3.63, 3.8) is 0 Å². The lowest BCUT2D eigenvalue weighted by molar-refractivity contribution is -0.137. The molecule has 1 aromatic rings. The number of hydrogen-bond donors (Lipinski definition) is 0. The molecule has 20 heavy (non-hydrogen) atoms. The Labute approximate surface area is 122 Å². The molecule has 1 saturated heterocycles. The van der Waals surface area contributed by atoms with Crippen LogP contribution in [-0.2, 0) is 9.59 Å². The van der Waals surface area contributed by atoms with Gasteiger partial charge >= 0.3 is 0 Å². The molecule has 1 aromatic carbocycles. The highest BCUT2D eigenvalue weighted by molar-refractivity contribution is 6.30. The molecule has 0 radical (unpaired) electrons. The van der Waals surface area contributed by atoms with Crippen molar-refractivity contribution in [3.05, 3.63) is 34.9 Å². The van der Waals surface area contributed by atoms with Crippen molar-refractivity contribution in [1.29, 1.82) is 0 Å². The standard InChI is InChI=1S/C14H15ClN2O3/c1-16(2)14(20)11-7-8-12(18)17(11)13(19)9-3-5-10(15)6-4-9/h3-6,11H,7-8H2,1-2H3. The van der Waals surface area contributed by atoms with E-state index < -0.39 is 11.9 Å². The van der Waals surface area contributed by atoms with Crippen LogP contribution in [0.4, 0.5) is 0 Å². The maximum absolute atomic E-state index is 12.4. The molecule has 106 valence electrons. The van der Waals surface area contributed by atoms with Gasteiger partial charge in [-0.3, -0.25) is 19.3 Å². The van der Waals surface area contributed by atoms with Gasteiger partial charge in [-0.25, -0.2) is 0 Å². The molecule has 0 aliphatic carbocycles. The SMILES string of the molecule is CN(C)C(=O)C1CCC(=O)N1C(=O)c1ccc(Cl)cc1. The number of likely N-dealkylation sites (tertiary alicyclic amines) is 1. The van der Waals surface area contributed by atoms with E-state index in [1.165, 1.54) is 4.90 Å². The van der Waals surface area contributed by atoms with Crippen LogP contribution in [0.5, 0.6) is 0 Å². The molecule has 1 unspecified atom stereocenters. The smallest absolute Gasteiger partial charge is 0.261 e. The molecule has 3 amide bonds. The summed E-state index contributed by atoms with van der Waals surface area (Å²) < 4.78 is 0. The largest absolute Gasteiger partial charge is 0.347 e. The molecule has 5 nitrogen and oxygen atoms in total. The van der Waals surface area contributed by atoms with Gasteiger partial charge in [0.15, 0.2) is 0 Å². The van der Waals surface area contributed by atoms with Gasteiger partial charge in [0, 0.05) is 31.1 Å². The van der Waals surface area contributed by atoms with Crippen molar-refractivity contribution in [2.24, 2.45) is 0 Å². The summed E-state index contributed by atoms with van der Waals surface area (Å²) in [6.45, 7) is 0. The minimum absolute atomic E-state index is 0.212. The second kappa shape index (κ2) is 5.63. The van der Waals surface area contributed by atoms with E-state index in [9.17, 15) is 14.4 Å².